The normalized spacial score (nSPS) is 23.2. The van der Waals surface area contributed by atoms with Crippen LogP contribution in [0.25, 0.3) is 6.08 Å². The van der Waals surface area contributed by atoms with Crippen molar-refractivity contribution in [3.05, 3.63) is 41.5 Å². The molecule has 32 heavy (non-hydrogen) atoms. The second kappa shape index (κ2) is 10.1. The highest BCUT2D eigenvalue weighted by molar-refractivity contribution is 6.74. The number of piperidine rings is 1. The van der Waals surface area contributed by atoms with Crippen LogP contribution in [0.5, 0.6) is 0 Å². The molecule has 1 aromatic rings. The number of hydrogen-bond donors (Lipinski definition) is 1. The molecule has 2 atom stereocenters. The molecule has 5 nitrogen and oxygen atoms in total. The smallest absolute Gasteiger partial charge is 0.407 e. The molecule has 6 heteroatoms. The molecule has 2 aliphatic rings. The molecule has 1 unspecified atom stereocenters. The fraction of sp³-hybridized carbons (Fsp3) is 0.654. The van der Waals surface area contributed by atoms with Gasteiger partial charge in [0.1, 0.15) is 0 Å². The van der Waals surface area contributed by atoms with Gasteiger partial charge in [0.15, 0.2) is 8.32 Å². The Morgan fingerprint density at radius 1 is 1.22 bits per heavy atom. The third-order valence-corrected chi connectivity index (χ3v) is 12.3. The molecule has 1 aliphatic carbocycles. The van der Waals surface area contributed by atoms with Crippen LogP contribution >= 0.6 is 0 Å². The summed E-state index contributed by atoms with van der Waals surface area (Å²) in [6.07, 6.45) is 4.22. The zero-order valence-corrected chi connectivity index (χ0v) is 21.8. The quantitative estimate of drug-likeness (QED) is 0.490. The summed E-state index contributed by atoms with van der Waals surface area (Å²) in [5, 5.41) is 10.2. The highest BCUT2D eigenvalue weighted by Gasteiger charge is 2.47. The average Bonchev–Trinajstić information content (AvgIpc) is 3.49. The lowest BCUT2D eigenvalue weighted by Crippen LogP contribution is -2.49. The standard InChI is InChI=1S/C26H42N2O3Si/c1-20(18-21-10-8-7-9-11-21)23-19-24(23)28(25(29)30)22-12-14-27(15-13-22)16-17-31-32(5,6)26(2,3)4/h7-11,18,22-24H,12-17,19H2,1-6H3,(H,29,30)/t23?,24-/m0/s1. The van der Waals surface area contributed by atoms with Crippen molar-refractivity contribution >= 4 is 20.5 Å². The van der Waals surface area contributed by atoms with Crippen LogP contribution < -0.4 is 0 Å². The Bertz CT molecular complexity index is 795. The summed E-state index contributed by atoms with van der Waals surface area (Å²) in [7, 11) is -1.71. The van der Waals surface area contributed by atoms with Gasteiger partial charge in [0.2, 0.25) is 0 Å². The first-order valence-electron chi connectivity index (χ1n) is 12.1. The molecule has 3 rings (SSSR count). The minimum absolute atomic E-state index is 0.129. The van der Waals surface area contributed by atoms with Gasteiger partial charge < -0.3 is 19.3 Å². The van der Waals surface area contributed by atoms with Gasteiger partial charge in [-0.15, -0.1) is 0 Å². The molecule has 0 spiro atoms. The van der Waals surface area contributed by atoms with Crippen LogP contribution in [0, 0.1) is 5.92 Å². The molecule has 1 amide bonds. The van der Waals surface area contributed by atoms with Crippen molar-refractivity contribution < 1.29 is 14.3 Å². The lowest BCUT2D eigenvalue weighted by molar-refractivity contribution is 0.0794. The van der Waals surface area contributed by atoms with Crippen LogP contribution in [-0.4, -0.2) is 67.6 Å². The highest BCUT2D eigenvalue weighted by atomic mass is 28.4. The summed E-state index contributed by atoms with van der Waals surface area (Å²) in [5.41, 5.74) is 2.47. The molecule has 0 radical (unpaired) electrons. The van der Waals surface area contributed by atoms with Crippen LogP contribution in [0.3, 0.4) is 0 Å². The van der Waals surface area contributed by atoms with Crippen LogP contribution in [0.15, 0.2) is 35.9 Å². The van der Waals surface area contributed by atoms with Gasteiger partial charge in [-0.2, -0.15) is 0 Å². The van der Waals surface area contributed by atoms with Crippen LogP contribution in [0.2, 0.25) is 18.1 Å². The molecule has 2 fully saturated rings. The van der Waals surface area contributed by atoms with Gasteiger partial charge in [-0.05, 0) is 49.9 Å². The van der Waals surface area contributed by atoms with Crippen molar-refractivity contribution in [3.8, 4) is 0 Å². The first-order chi connectivity index (χ1) is 15.0. The van der Waals surface area contributed by atoms with Gasteiger partial charge in [0, 0.05) is 44.2 Å². The fourth-order valence-corrected chi connectivity index (χ4v) is 5.57. The Morgan fingerprint density at radius 3 is 2.41 bits per heavy atom. The maximum atomic E-state index is 12.1. The summed E-state index contributed by atoms with van der Waals surface area (Å²) in [6, 6.07) is 10.6. The van der Waals surface area contributed by atoms with Crippen LogP contribution in [0.1, 0.15) is 52.5 Å². The number of nitrogens with zero attached hydrogens (tertiary/aromatic N) is 2. The van der Waals surface area contributed by atoms with Gasteiger partial charge in [-0.1, -0.05) is 62.8 Å². The Labute approximate surface area is 195 Å². The Balaban J connectivity index is 1.49. The lowest BCUT2D eigenvalue weighted by Gasteiger charge is -2.39. The van der Waals surface area contributed by atoms with Gasteiger partial charge in [0.25, 0.3) is 0 Å². The summed E-state index contributed by atoms with van der Waals surface area (Å²) < 4.78 is 6.33. The predicted molar refractivity (Wildman–Crippen MR) is 134 cm³/mol. The third kappa shape index (κ3) is 6.24. The summed E-state index contributed by atoms with van der Waals surface area (Å²) in [5.74, 6) is 0.349. The zero-order valence-electron chi connectivity index (χ0n) is 20.8. The second-order valence-corrected chi connectivity index (χ2v) is 15.9. The number of rotatable bonds is 8. The van der Waals surface area contributed by atoms with Crippen LogP contribution in [-0.2, 0) is 4.43 Å². The SMILES string of the molecule is CC(=Cc1ccccc1)C1C[C@@H]1N(C(=O)O)C1CCN(CCO[Si](C)(C)C(C)(C)C)CC1. The minimum atomic E-state index is -1.71. The van der Waals surface area contributed by atoms with Crippen molar-refractivity contribution in [3.63, 3.8) is 0 Å². The van der Waals surface area contributed by atoms with Gasteiger partial charge in [-0.25, -0.2) is 4.79 Å². The van der Waals surface area contributed by atoms with Gasteiger partial charge in [-0.3, -0.25) is 0 Å². The Morgan fingerprint density at radius 2 is 1.84 bits per heavy atom. The molecule has 1 aromatic carbocycles. The van der Waals surface area contributed by atoms with E-state index in [0.29, 0.717) is 5.92 Å². The van der Waals surface area contributed by atoms with E-state index in [0.717, 1.165) is 45.5 Å². The molecule has 1 saturated heterocycles. The predicted octanol–water partition coefficient (Wildman–Crippen LogP) is 5.94. The largest absolute Gasteiger partial charge is 0.465 e. The van der Waals surface area contributed by atoms with Crippen LogP contribution in [0.4, 0.5) is 4.79 Å². The highest BCUT2D eigenvalue weighted by Crippen LogP contribution is 2.44. The zero-order chi connectivity index (χ0) is 23.5. The van der Waals surface area contributed by atoms with E-state index in [1.807, 2.05) is 18.2 Å². The van der Waals surface area contributed by atoms with Gasteiger partial charge >= 0.3 is 6.09 Å². The first kappa shape index (κ1) is 25.0. The van der Waals surface area contributed by atoms with E-state index in [9.17, 15) is 9.90 Å². The average molecular weight is 459 g/mol. The second-order valence-electron chi connectivity index (χ2n) is 11.1. The molecule has 178 valence electrons. The number of amides is 1. The van der Waals surface area contributed by atoms with Crippen molar-refractivity contribution in [2.75, 3.05) is 26.2 Å². The molecule has 0 bridgehead atoms. The third-order valence-electron chi connectivity index (χ3n) is 7.74. The number of carbonyl (C=O) groups is 1. The molecular formula is C26H42N2O3Si. The first-order valence-corrected chi connectivity index (χ1v) is 15.0. The fourth-order valence-electron chi connectivity index (χ4n) is 4.53. The topological polar surface area (TPSA) is 53.0 Å². The number of likely N-dealkylation sites (tertiary alicyclic amines) is 1. The number of benzene rings is 1. The Hall–Kier alpha value is -1.63. The maximum Gasteiger partial charge on any atom is 0.407 e. The monoisotopic (exact) mass is 458 g/mol. The Kier molecular flexibility index (Phi) is 7.89. The maximum absolute atomic E-state index is 12.1. The summed E-state index contributed by atoms with van der Waals surface area (Å²) in [6.45, 7) is 17.2. The van der Waals surface area contributed by atoms with E-state index in [-0.39, 0.29) is 17.1 Å². The van der Waals surface area contributed by atoms with Crippen molar-refractivity contribution in [2.45, 2.75) is 77.2 Å². The van der Waals surface area contributed by atoms with E-state index in [1.54, 1.807) is 4.90 Å². The summed E-state index contributed by atoms with van der Waals surface area (Å²) in [4.78, 5) is 16.4. The molecule has 1 saturated carbocycles. The molecule has 1 N–H and O–H groups in total. The minimum Gasteiger partial charge on any atom is -0.465 e. The lowest BCUT2D eigenvalue weighted by atomic mass is 10.0. The van der Waals surface area contributed by atoms with E-state index >= 15 is 0 Å². The van der Waals surface area contributed by atoms with Gasteiger partial charge in [0.05, 0.1) is 0 Å². The van der Waals surface area contributed by atoms with E-state index in [4.69, 9.17) is 4.43 Å². The molecular weight excluding hydrogens is 416 g/mol. The van der Waals surface area contributed by atoms with Crippen molar-refractivity contribution in [1.29, 1.82) is 0 Å². The van der Waals surface area contributed by atoms with E-state index in [2.05, 4.69) is 63.9 Å². The summed E-state index contributed by atoms with van der Waals surface area (Å²) >= 11 is 0. The molecule has 0 aromatic heterocycles. The number of carboxylic acid groups (broad SMARTS) is 1. The number of hydrogen-bond acceptors (Lipinski definition) is 3. The molecule has 1 heterocycles. The van der Waals surface area contributed by atoms with Crippen molar-refractivity contribution in [2.24, 2.45) is 5.92 Å². The van der Waals surface area contributed by atoms with E-state index < -0.39 is 14.4 Å². The van der Waals surface area contributed by atoms with Crippen molar-refractivity contribution in [1.82, 2.24) is 9.80 Å². The molecule has 1 aliphatic heterocycles. The van der Waals surface area contributed by atoms with E-state index in [1.165, 1.54) is 11.1 Å².